The summed E-state index contributed by atoms with van der Waals surface area (Å²) in [5.41, 5.74) is 5.04. The Kier molecular flexibility index (Phi) is 5.09. The van der Waals surface area contributed by atoms with Gasteiger partial charge in [0.05, 0.1) is 5.69 Å². The number of hydrogen-bond acceptors (Lipinski definition) is 3. The number of aromatic nitrogens is 2. The number of hydrogen-bond donors (Lipinski definition) is 0. The van der Waals surface area contributed by atoms with Gasteiger partial charge in [-0.2, -0.15) is 0 Å². The van der Waals surface area contributed by atoms with Gasteiger partial charge in [-0.05, 0) is 47.6 Å². The van der Waals surface area contributed by atoms with Crippen LogP contribution >= 0.6 is 11.3 Å². The van der Waals surface area contributed by atoms with Crippen LogP contribution in [0.3, 0.4) is 0 Å². The zero-order valence-electron chi connectivity index (χ0n) is 17.3. The van der Waals surface area contributed by atoms with Crippen LogP contribution < -0.4 is 0 Å². The second-order valence-corrected chi connectivity index (χ2v) is 9.89. The SMILES string of the molecule is CC(C)c1ccc2c(c1)sc1c(-c3cc(CC4CCCCC4)ccn3)cncc12. The molecule has 1 aliphatic rings. The van der Waals surface area contributed by atoms with E-state index in [4.69, 9.17) is 4.98 Å². The summed E-state index contributed by atoms with van der Waals surface area (Å²) >= 11 is 1.88. The van der Waals surface area contributed by atoms with Crippen molar-refractivity contribution in [1.29, 1.82) is 0 Å². The fourth-order valence-electron chi connectivity index (χ4n) is 4.72. The molecule has 3 heteroatoms. The highest BCUT2D eigenvalue weighted by Crippen LogP contribution is 2.40. The molecule has 1 aromatic carbocycles. The van der Waals surface area contributed by atoms with Gasteiger partial charge in [-0.3, -0.25) is 9.97 Å². The van der Waals surface area contributed by atoms with Crippen molar-refractivity contribution < 1.29 is 0 Å². The molecule has 0 radical (unpaired) electrons. The minimum atomic E-state index is 0.542. The number of pyridine rings is 2. The molecule has 0 aliphatic heterocycles. The summed E-state index contributed by atoms with van der Waals surface area (Å²) in [4.78, 5) is 9.32. The van der Waals surface area contributed by atoms with Gasteiger partial charge in [-0.1, -0.05) is 58.1 Å². The summed E-state index contributed by atoms with van der Waals surface area (Å²) < 4.78 is 2.65. The van der Waals surface area contributed by atoms with Gasteiger partial charge in [0.2, 0.25) is 0 Å². The molecule has 0 atom stereocenters. The molecule has 4 aromatic rings. The van der Waals surface area contributed by atoms with Gasteiger partial charge in [-0.15, -0.1) is 11.3 Å². The molecule has 3 heterocycles. The molecule has 0 spiro atoms. The molecular weight excluding hydrogens is 372 g/mol. The van der Waals surface area contributed by atoms with Crippen molar-refractivity contribution in [1.82, 2.24) is 9.97 Å². The Hall–Kier alpha value is -2.26. The summed E-state index contributed by atoms with van der Waals surface area (Å²) in [7, 11) is 0. The lowest BCUT2D eigenvalue weighted by Crippen LogP contribution is -2.09. The highest BCUT2D eigenvalue weighted by molar-refractivity contribution is 7.26. The maximum absolute atomic E-state index is 4.74. The number of fused-ring (bicyclic) bond motifs is 3. The number of nitrogens with zero attached hydrogens (tertiary/aromatic N) is 2. The van der Waals surface area contributed by atoms with Crippen molar-refractivity contribution in [3.63, 3.8) is 0 Å². The predicted octanol–water partition coefficient (Wildman–Crippen LogP) is 7.76. The van der Waals surface area contributed by atoms with E-state index in [-0.39, 0.29) is 0 Å². The van der Waals surface area contributed by atoms with Crippen LogP contribution in [-0.4, -0.2) is 9.97 Å². The van der Waals surface area contributed by atoms with Gasteiger partial charge in [0.15, 0.2) is 0 Å². The van der Waals surface area contributed by atoms with Crippen molar-refractivity contribution in [2.24, 2.45) is 5.92 Å². The van der Waals surface area contributed by atoms with E-state index in [2.05, 4.69) is 49.2 Å². The second-order valence-electron chi connectivity index (χ2n) is 8.83. The lowest BCUT2D eigenvalue weighted by molar-refractivity contribution is 0.356. The molecule has 29 heavy (non-hydrogen) atoms. The standard InChI is InChI=1S/C26H28N2S/c1-17(2)20-8-9-21-22-15-27-16-23(26(22)29-25(21)14-20)24-13-19(10-11-28-24)12-18-6-4-3-5-7-18/h8-11,13-18H,3-7,12H2,1-2H3. The van der Waals surface area contributed by atoms with Crippen molar-refractivity contribution in [2.45, 2.75) is 58.3 Å². The fourth-order valence-corrected chi connectivity index (χ4v) is 5.96. The van der Waals surface area contributed by atoms with E-state index in [0.29, 0.717) is 5.92 Å². The van der Waals surface area contributed by atoms with Crippen molar-refractivity contribution >= 4 is 31.5 Å². The largest absolute Gasteiger partial charge is 0.263 e. The van der Waals surface area contributed by atoms with Crippen LogP contribution in [0.25, 0.3) is 31.4 Å². The second kappa shape index (κ2) is 7.87. The van der Waals surface area contributed by atoms with Crippen LogP contribution in [0.5, 0.6) is 0 Å². The van der Waals surface area contributed by atoms with E-state index in [1.165, 1.54) is 75.4 Å². The van der Waals surface area contributed by atoms with E-state index < -0.39 is 0 Å². The molecule has 0 saturated heterocycles. The zero-order chi connectivity index (χ0) is 19.8. The first-order valence-electron chi connectivity index (χ1n) is 10.9. The van der Waals surface area contributed by atoms with Crippen LogP contribution in [0.15, 0.2) is 48.9 Å². The predicted molar refractivity (Wildman–Crippen MR) is 125 cm³/mol. The number of rotatable bonds is 4. The molecule has 1 fully saturated rings. The minimum Gasteiger partial charge on any atom is -0.263 e. The van der Waals surface area contributed by atoms with Crippen LogP contribution in [0, 0.1) is 5.92 Å². The molecule has 0 amide bonds. The Morgan fingerprint density at radius 1 is 1.00 bits per heavy atom. The molecule has 0 N–H and O–H groups in total. The van der Waals surface area contributed by atoms with E-state index in [1.54, 1.807) is 0 Å². The Bertz CT molecular complexity index is 1150. The summed E-state index contributed by atoms with van der Waals surface area (Å²) in [6.07, 6.45) is 14.1. The summed E-state index contributed by atoms with van der Waals surface area (Å²) in [6.45, 7) is 4.51. The molecule has 148 valence electrons. The molecule has 2 nitrogen and oxygen atoms in total. The lowest BCUT2D eigenvalue weighted by Gasteiger charge is -2.21. The summed E-state index contributed by atoms with van der Waals surface area (Å²) in [5.74, 6) is 1.38. The van der Waals surface area contributed by atoms with Crippen molar-refractivity contribution in [3.05, 3.63) is 60.0 Å². The summed E-state index contributed by atoms with van der Waals surface area (Å²) in [5, 5.41) is 2.55. The maximum Gasteiger partial charge on any atom is 0.0734 e. The first-order valence-corrected chi connectivity index (χ1v) is 11.8. The molecule has 3 aromatic heterocycles. The van der Waals surface area contributed by atoms with Gasteiger partial charge in [0.1, 0.15) is 0 Å². The van der Waals surface area contributed by atoms with Gasteiger partial charge >= 0.3 is 0 Å². The molecule has 1 saturated carbocycles. The van der Waals surface area contributed by atoms with Gasteiger partial charge < -0.3 is 0 Å². The maximum atomic E-state index is 4.74. The van der Waals surface area contributed by atoms with E-state index in [1.807, 2.05) is 29.9 Å². The quantitative estimate of drug-likeness (QED) is 0.350. The van der Waals surface area contributed by atoms with Gasteiger partial charge in [0.25, 0.3) is 0 Å². The topological polar surface area (TPSA) is 25.8 Å². The Morgan fingerprint density at radius 2 is 1.86 bits per heavy atom. The van der Waals surface area contributed by atoms with E-state index in [0.717, 1.165) is 11.6 Å². The first kappa shape index (κ1) is 18.7. The average molecular weight is 401 g/mol. The smallest absolute Gasteiger partial charge is 0.0734 e. The van der Waals surface area contributed by atoms with E-state index in [9.17, 15) is 0 Å². The van der Waals surface area contributed by atoms with E-state index >= 15 is 0 Å². The molecule has 0 unspecified atom stereocenters. The van der Waals surface area contributed by atoms with Crippen LogP contribution in [0.4, 0.5) is 0 Å². The monoisotopic (exact) mass is 400 g/mol. The van der Waals surface area contributed by atoms with Gasteiger partial charge in [0, 0.05) is 44.3 Å². The zero-order valence-corrected chi connectivity index (χ0v) is 18.1. The molecule has 0 bridgehead atoms. The van der Waals surface area contributed by atoms with Crippen LogP contribution in [0.2, 0.25) is 0 Å². The normalized spacial score (nSPS) is 15.6. The first-order chi connectivity index (χ1) is 14.2. The molecular formula is C26H28N2S. The third-order valence-corrected chi connectivity index (χ3v) is 7.62. The minimum absolute atomic E-state index is 0.542. The van der Waals surface area contributed by atoms with Crippen molar-refractivity contribution in [3.8, 4) is 11.3 Å². The Balaban J connectivity index is 1.56. The third-order valence-electron chi connectivity index (χ3n) is 6.42. The number of benzene rings is 1. The highest BCUT2D eigenvalue weighted by Gasteiger charge is 2.16. The van der Waals surface area contributed by atoms with Crippen molar-refractivity contribution in [2.75, 3.05) is 0 Å². The Labute approximate surface area is 177 Å². The highest BCUT2D eigenvalue weighted by atomic mass is 32.1. The molecule has 1 aliphatic carbocycles. The average Bonchev–Trinajstić information content (AvgIpc) is 3.12. The lowest BCUT2D eigenvalue weighted by atomic mass is 9.85. The fraction of sp³-hybridized carbons (Fsp3) is 0.385. The molecule has 5 rings (SSSR count). The van der Waals surface area contributed by atoms with Crippen LogP contribution in [0.1, 0.15) is 63.0 Å². The van der Waals surface area contributed by atoms with Gasteiger partial charge in [-0.25, -0.2) is 0 Å². The Morgan fingerprint density at radius 3 is 2.69 bits per heavy atom. The third kappa shape index (κ3) is 3.69. The van der Waals surface area contributed by atoms with Crippen LogP contribution in [-0.2, 0) is 6.42 Å². The number of thiophene rings is 1. The summed E-state index contributed by atoms with van der Waals surface area (Å²) in [6, 6.07) is 11.4.